The predicted octanol–water partition coefficient (Wildman–Crippen LogP) is 2.53. The second kappa shape index (κ2) is 5.57. The fourth-order valence-corrected chi connectivity index (χ4v) is 1.77. The summed E-state index contributed by atoms with van der Waals surface area (Å²) in [4.78, 5) is 11.0. The lowest BCUT2D eigenvalue weighted by Crippen LogP contribution is -1.91. The van der Waals surface area contributed by atoms with E-state index >= 15 is 0 Å². The van der Waals surface area contributed by atoms with Crippen LogP contribution < -0.4 is 4.74 Å². The van der Waals surface area contributed by atoms with Crippen molar-refractivity contribution >= 4 is 17.4 Å². The average molecular weight is 261 g/mol. The van der Waals surface area contributed by atoms with Crippen LogP contribution in [0.5, 0.6) is 11.5 Å². The highest BCUT2D eigenvalue weighted by atomic mass is 32.2. The molecule has 1 atom stereocenters. The molecule has 92 valence electrons. The number of ether oxygens (including phenoxy) is 1. The zero-order chi connectivity index (χ0) is 13.0. The van der Waals surface area contributed by atoms with Gasteiger partial charge in [0.25, 0.3) is 0 Å². The number of carbonyl (C=O) groups is 1. The molecule has 18 heavy (non-hydrogen) atoms. The summed E-state index contributed by atoms with van der Waals surface area (Å²) in [5.41, 5.74) is 0.439. The number of hydrogen-bond donors (Lipinski definition) is 0. The van der Waals surface area contributed by atoms with Crippen molar-refractivity contribution in [2.45, 2.75) is 4.90 Å². The van der Waals surface area contributed by atoms with Crippen LogP contribution in [0, 0.1) is 0 Å². The Morgan fingerprint density at radius 2 is 1.72 bits per heavy atom. The van der Waals surface area contributed by atoms with Crippen molar-refractivity contribution in [3.63, 3.8) is 0 Å². The largest absolute Gasteiger partial charge is 0.768 e. The van der Waals surface area contributed by atoms with E-state index in [1.54, 1.807) is 24.3 Å². The van der Waals surface area contributed by atoms with E-state index < -0.39 is 11.1 Å². The molecule has 1 unspecified atom stereocenters. The van der Waals surface area contributed by atoms with Gasteiger partial charge in [-0.2, -0.15) is 0 Å². The van der Waals surface area contributed by atoms with Crippen molar-refractivity contribution in [2.75, 3.05) is 0 Å². The maximum atomic E-state index is 10.8. The summed E-state index contributed by atoms with van der Waals surface area (Å²) in [6, 6.07) is 12.7. The fraction of sp³-hybridized carbons (Fsp3) is 0. The number of hydrogen-bond acceptors (Lipinski definition) is 4. The van der Waals surface area contributed by atoms with Crippen molar-refractivity contribution in [1.29, 1.82) is 0 Å². The Kier molecular flexibility index (Phi) is 3.86. The Labute approximate surface area is 107 Å². The summed E-state index contributed by atoms with van der Waals surface area (Å²) in [7, 11) is 0. The third-order valence-electron chi connectivity index (χ3n) is 2.29. The van der Waals surface area contributed by atoms with Gasteiger partial charge in [0.2, 0.25) is 0 Å². The summed E-state index contributed by atoms with van der Waals surface area (Å²) >= 11 is -2.25. The molecule has 2 aromatic rings. The molecule has 0 aromatic heterocycles. The number of carbonyl (C=O) groups excluding carboxylic acids is 1. The number of rotatable bonds is 4. The number of benzene rings is 2. The third-order valence-corrected chi connectivity index (χ3v) is 2.95. The molecule has 4 nitrogen and oxygen atoms in total. The van der Waals surface area contributed by atoms with E-state index in [1.807, 2.05) is 0 Å². The first-order chi connectivity index (χ1) is 8.70. The van der Waals surface area contributed by atoms with Gasteiger partial charge in [0.1, 0.15) is 11.5 Å². The average Bonchev–Trinajstić information content (AvgIpc) is 2.40. The first-order valence-electron chi connectivity index (χ1n) is 5.12. The molecule has 0 aliphatic rings. The van der Waals surface area contributed by atoms with Crippen molar-refractivity contribution < 1.29 is 18.3 Å². The summed E-state index contributed by atoms with van der Waals surface area (Å²) in [6.07, 6.45) is 0.705. The number of para-hydroxylation sites is 1. The molecule has 0 aliphatic carbocycles. The second-order valence-electron chi connectivity index (χ2n) is 3.46. The predicted molar refractivity (Wildman–Crippen MR) is 65.5 cm³/mol. The van der Waals surface area contributed by atoms with Gasteiger partial charge in [-0.05, 0) is 47.5 Å². The molecule has 0 amide bonds. The first kappa shape index (κ1) is 12.5. The molecule has 0 aliphatic heterocycles. The second-order valence-corrected chi connectivity index (χ2v) is 4.40. The van der Waals surface area contributed by atoms with Crippen LogP contribution >= 0.6 is 0 Å². The van der Waals surface area contributed by atoms with Gasteiger partial charge in [-0.15, -0.1) is 0 Å². The lowest BCUT2D eigenvalue weighted by molar-refractivity contribution is 0.112. The lowest BCUT2D eigenvalue weighted by Gasteiger charge is -2.09. The summed E-state index contributed by atoms with van der Waals surface area (Å²) < 4.78 is 26.9. The molecule has 0 N–H and O–H groups in total. The third kappa shape index (κ3) is 2.82. The highest BCUT2D eigenvalue weighted by molar-refractivity contribution is 7.79. The molecule has 0 radical (unpaired) electrons. The lowest BCUT2D eigenvalue weighted by atomic mass is 10.2. The molecule has 0 heterocycles. The van der Waals surface area contributed by atoms with Gasteiger partial charge in [-0.3, -0.25) is 9.00 Å². The van der Waals surface area contributed by atoms with Crippen molar-refractivity contribution in [2.24, 2.45) is 0 Å². The van der Waals surface area contributed by atoms with Gasteiger partial charge in [-0.1, -0.05) is 12.1 Å². The Morgan fingerprint density at radius 1 is 1.06 bits per heavy atom. The van der Waals surface area contributed by atoms with Crippen LogP contribution in [0.4, 0.5) is 0 Å². The Hall–Kier alpha value is -1.98. The van der Waals surface area contributed by atoms with Gasteiger partial charge >= 0.3 is 0 Å². The molecule has 5 heteroatoms. The van der Waals surface area contributed by atoms with Crippen LogP contribution in [0.3, 0.4) is 0 Å². The van der Waals surface area contributed by atoms with Crippen molar-refractivity contribution in [1.82, 2.24) is 0 Å². The van der Waals surface area contributed by atoms with E-state index in [1.165, 1.54) is 24.3 Å². The summed E-state index contributed by atoms with van der Waals surface area (Å²) in [5.74, 6) is 0.905. The highest BCUT2D eigenvalue weighted by Gasteiger charge is 2.03. The summed E-state index contributed by atoms with van der Waals surface area (Å²) in [5, 5.41) is 0. The Balaban J connectivity index is 2.23. The molecule has 0 saturated carbocycles. The smallest absolute Gasteiger partial charge is 0.153 e. The van der Waals surface area contributed by atoms with E-state index in [9.17, 15) is 13.6 Å². The van der Waals surface area contributed by atoms with Crippen LogP contribution in [-0.4, -0.2) is 15.0 Å². The zero-order valence-corrected chi connectivity index (χ0v) is 10.1. The minimum absolute atomic E-state index is 0.186. The van der Waals surface area contributed by atoms with Crippen molar-refractivity contribution in [3.8, 4) is 11.5 Å². The molecule has 0 saturated heterocycles. The quantitative estimate of drug-likeness (QED) is 0.626. The van der Waals surface area contributed by atoms with Gasteiger partial charge in [0.05, 0.1) is 5.56 Å². The SMILES string of the molecule is O=Cc1ccccc1Oc1ccc(S(=O)[O-])cc1. The van der Waals surface area contributed by atoms with Crippen LogP contribution in [0.25, 0.3) is 0 Å². The Morgan fingerprint density at radius 3 is 2.33 bits per heavy atom. The fourth-order valence-electron chi connectivity index (χ4n) is 1.42. The summed E-state index contributed by atoms with van der Waals surface area (Å²) in [6.45, 7) is 0. The van der Waals surface area contributed by atoms with Crippen molar-refractivity contribution in [3.05, 3.63) is 54.1 Å². The van der Waals surface area contributed by atoms with E-state index in [0.717, 1.165) is 0 Å². The standard InChI is InChI=1S/C13H10O4S/c14-9-10-3-1-2-4-13(10)17-11-5-7-12(8-6-11)18(15)16/h1-9H,(H,15,16)/p-1. The van der Waals surface area contributed by atoms with Crippen LogP contribution in [0.2, 0.25) is 0 Å². The maximum absolute atomic E-state index is 10.8. The van der Waals surface area contributed by atoms with Crippen LogP contribution in [-0.2, 0) is 11.1 Å². The molecule has 2 aromatic carbocycles. The highest BCUT2D eigenvalue weighted by Crippen LogP contribution is 2.24. The normalized spacial score (nSPS) is 11.8. The topological polar surface area (TPSA) is 66.4 Å². The van der Waals surface area contributed by atoms with Gasteiger partial charge in [-0.25, -0.2) is 0 Å². The Bertz CT molecular complexity index is 578. The molecule has 0 bridgehead atoms. The zero-order valence-electron chi connectivity index (χ0n) is 9.24. The van der Waals surface area contributed by atoms with Gasteiger partial charge in [0, 0.05) is 4.90 Å². The molecule has 2 rings (SSSR count). The monoisotopic (exact) mass is 261 g/mol. The first-order valence-corrected chi connectivity index (χ1v) is 6.19. The van der Waals surface area contributed by atoms with Gasteiger partial charge < -0.3 is 9.29 Å². The van der Waals surface area contributed by atoms with E-state index in [0.29, 0.717) is 23.3 Å². The van der Waals surface area contributed by atoms with E-state index in [-0.39, 0.29) is 4.90 Å². The van der Waals surface area contributed by atoms with Crippen LogP contribution in [0.15, 0.2) is 53.4 Å². The maximum Gasteiger partial charge on any atom is 0.153 e. The van der Waals surface area contributed by atoms with E-state index in [4.69, 9.17) is 4.74 Å². The molecular weight excluding hydrogens is 252 g/mol. The molecule has 0 fully saturated rings. The molecular formula is C13H9O4S-. The van der Waals surface area contributed by atoms with Crippen LogP contribution in [0.1, 0.15) is 10.4 Å². The minimum Gasteiger partial charge on any atom is -0.768 e. The minimum atomic E-state index is -2.25. The van der Waals surface area contributed by atoms with Gasteiger partial charge in [0.15, 0.2) is 6.29 Å². The van der Waals surface area contributed by atoms with E-state index in [2.05, 4.69) is 0 Å². The number of aldehydes is 1. The molecule has 0 spiro atoms.